The Hall–Kier alpha value is -2.63. The molecule has 0 spiro atoms. The number of carbonyl (C=O) groups excluding carboxylic acids is 2. The van der Waals surface area contributed by atoms with Crippen molar-refractivity contribution in [1.82, 2.24) is 14.5 Å². The van der Waals surface area contributed by atoms with E-state index < -0.39 is 7.60 Å². The van der Waals surface area contributed by atoms with Gasteiger partial charge in [-0.25, -0.2) is 4.98 Å². The molecule has 0 aliphatic rings. The molecule has 0 aliphatic heterocycles. The standard InChI is InChI=1S/C22H28ClN4O5P/c1-4-13-25(2)22(29)20-21(27(16-28)14-7-8-15-33(30,31)32)24-19(26(20)3)12-11-17-9-5-6-10-18(17)23/h1,5-6,9-10,16H,7-8,11-15H2,2-3H3,(H2,30,31,32). The number of unbranched alkanes of at least 4 members (excludes halogenated alkanes) is 1. The fourth-order valence-electron chi connectivity index (χ4n) is 3.34. The molecule has 1 aromatic heterocycles. The second-order valence-electron chi connectivity index (χ2n) is 7.61. The molecule has 0 radical (unpaired) electrons. The lowest BCUT2D eigenvalue weighted by Crippen LogP contribution is -2.32. The fourth-order valence-corrected chi connectivity index (χ4v) is 4.20. The van der Waals surface area contributed by atoms with Crippen LogP contribution >= 0.6 is 19.2 Å². The summed E-state index contributed by atoms with van der Waals surface area (Å²) in [6.45, 7) is 0.241. The zero-order valence-electron chi connectivity index (χ0n) is 18.6. The highest BCUT2D eigenvalue weighted by atomic mass is 35.5. The normalized spacial score (nSPS) is 11.2. The quantitative estimate of drug-likeness (QED) is 0.203. The van der Waals surface area contributed by atoms with Crippen LogP contribution in [0, 0.1) is 12.3 Å². The van der Waals surface area contributed by atoms with Gasteiger partial charge in [0.15, 0.2) is 11.5 Å². The number of terminal acetylenes is 1. The van der Waals surface area contributed by atoms with Crippen LogP contribution < -0.4 is 4.90 Å². The van der Waals surface area contributed by atoms with Gasteiger partial charge in [-0.1, -0.05) is 35.7 Å². The van der Waals surface area contributed by atoms with Crippen molar-refractivity contribution >= 4 is 37.3 Å². The Labute approximate surface area is 198 Å². The molecule has 0 saturated carbocycles. The Morgan fingerprint density at radius 2 is 2.00 bits per heavy atom. The number of aryl methyl sites for hydroxylation is 2. The molecule has 0 bridgehead atoms. The molecule has 2 amide bonds. The van der Waals surface area contributed by atoms with Crippen LogP contribution in [0.5, 0.6) is 0 Å². The SMILES string of the molecule is C#CCN(C)C(=O)c1c(N(C=O)CCCCP(=O)(O)O)nc(CCc2ccccc2Cl)n1C. The molecular formula is C22H28ClN4O5P. The van der Waals surface area contributed by atoms with Crippen LogP contribution in [0.1, 0.15) is 34.7 Å². The van der Waals surface area contributed by atoms with E-state index in [1.165, 1.54) is 9.80 Å². The van der Waals surface area contributed by atoms with Crippen molar-refractivity contribution in [3.8, 4) is 12.3 Å². The van der Waals surface area contributed by atoms with Gasteiger partial charge < -0.3 is 19.3 Å². The first-order valence-electron chi connectivity index (χ1n) is 10.3. The summed E-state index contributed by atoms with van der Waals surface area (Å²) in [7, 11) is -0.851. The lowest BCUT2D eigenvalue weighted by atomic mass is 10.1. The van der Waals surface area contributed by atoms with Gasteiger partial charge >= 0.3 is 7.60 Å². The monoisotopic (exact) mass is 494 g/mol. The fraction of sp³-hybridized carbons (Fsp3) is 0.409. The number of aromatic nitrogens is 2. The van der Waals surface area contributed by atoms with Gasteiger partial charge in [0.25, 0.3) is 5.91 Å². The van der Waals surface area contributed by atoms with E-state index in [-0.39, 0.29) is 43.1 Å². The molecule has 9 nitrogen and oxygen atoms in total. The molecule has 11 heteroatoms. The maximum Gasteiger partial charge on any atom is 0.325 e. The number of benzene rings is 1. The van der Waals surface area contributed by atoms with E-state index in [1.54, 1.807) is 24.7 Å². The third kappa shape index (κ3) is 7.44. The molecule has 0 unspecified atom stereocenters. The third-order valence-electron chi connectivity index (χ3n) is 5.12. The molecule has 178 valence electrons. The Bertz CT molecular complexity index is 1080. The van der Waals surface area contributed by atoms with Gasteiger partial charge in [-0.15, -0.1) is 6.42 Å². The zero-order valence-corrected chi connectivity index (χ0v) is 20.3. The number of hydrogen-bond donors (Lipinski definition) is 2. The van der Waals surface area contributed by atoms with Gasteiger partial charge in [-0.3, -0.25) is 19.1 Å². The van der Waals surface area contributed by atoms with Crippen molar-refractivity contribution in [3.63, 3.8) is 0 Å². The molecule has 1 heterocycles. The number of halogens is 1. The minimum atomic E-state index is -4.12. The van der Waals surface area contributed by atoms with Gasteiger partial charge in [0.1, 0.15) is 5.82 Å². The predicted octanol–water partition coefficient (Wildman–Crippen LogP) is 2.48. The molecule has 0 atom stereocenters. The Morgan fingerprint density at radius 3 is 2.61 bits per heavy atom. The summed E-state index contributed by atoms with van der Waals surface area (Å²) in [5, 5.41) is 0.636. The maximum atomic E-state index is 13.1. The van der Waals surface area contributed by atoms with E-state index in [2.05, 4.69) is 10.9 Å². The highest BCUT2D eigenvalue weighted by Gasteiger charge is 2.27. The second-order valence-corrected chi connectivity index (χ2v) is 9.79. The van der Waals surface area contributed by atoms with E-state index in [1.807, 2.05) is 18.2 Å². The van der Waals surface area contributed by atoms with Crippen molar-refractivity contribution < 1.29 is 23.9 Å². The highest BCUT2D eigenvalue weighted by Crippen LogP contribution is 2.35. The topological polar surface area (TPSA) is 116 Å². The summed E-state index contributed by atoms with van der Waals surface area (Å²) in [4.78, 5) is 50.3. The molecule has 2 N–H and O–H groups in total. The number of anilines is 1. The largest absolute Gasteiger partial charge is 0.329 e. The number of carbonyl (C=O) groups is 2. The van der Waals surface area contributed by atoms with Crippen molar-refractivity contribution in [2.24, 2.45) is 7.05 Å². The van der Waals surface area contributed by atoms with Crippen molar-refractivity contribution in [1.29, 1.82) is 0 Å². The summed E-state index contributed by atoms with van der Waals surface area (Å²) in [5.41, 5.74) is 1.15. The van der Waals surface area contributed by atoms with Crippen molar-refractivity contribution in [3.05, 3.63) is 46.4 Å². The van der Waals surface area contributed by atoms with E-state index in [0.717, 1.165) is 5.56 Å². The first kappa shape index (κ1) is 26.6. The smallest absolute Gasteiger partial charge is 0.325 e. The Balaban J connectivity index is 2.33. The predicted molar refractivity (Wildman–Crippen MR) is 127 cm³/mol. The van der Waals surface area contributed by atoms with Crippen LogP contribution in [0.2, 0.25) is 5.02 Å². The van der Waals surface area contributed by atoms with Gasteiger partial charge in [0, 0.05) is 38.2 Å². The summed E-state index contributed by atoms with van der Waals surface area (Å²) in [6, 6.07) is 7.45. The number of imidazole rings is 1. The van der Waals surface area contributed by atoms with Gasteiger partial charge in [-0.2, -0.15) is 0 Å². The Kier molecular flexibility index (Phi) is 9.69. The van der Waals surface area contributed by atoms with E-state index >= 15 is 0 Å². The van der Waals surface area contributed by atoms with Gasteiger partial charge in [0.05, 0.1) is 6.54 Å². The van der Waals surface area contributed by atoms with Crippen LogP contribution in [-0.4, -0.2) is 62.9 Å². The van der Waals surface area contributed by atoms with Gasteiger partial charge in [0.2, 0.25) is 6.41 Å². The molecule has 33 heavy (non-hydrogen) atoms. The third-order valence-corrected chi connectivity index (χ3v) is 6.39. The van der Waals surface area contributed by atoms with E-state index in [4.69, 9.17) is 27.8 Å². The number of hydrogen-bond acceptors (Lipinski definition) is 4. The zero-order chi connectivity index (χ0) is 24.6. The minimum Gasteiger partial charge on any atom is -0.329 e. The van der Waals surface area contributed by atoms with Crippen LogP contribution in [0.25, 0.3) is 0 Å². The maximum absolute atomic E-state index is 13.1. The van der Waals surface area contributed by atoms with Crippen LogP contribution in [0.3, 0.4) is 0 Å². The molecule has 0 saturated heterocycles. The second kappa shape index (κ2) is 12.0. The number of rotatable bonds is 12. The molecule has 1 aromatic carbocycles. The van der Waals surface area contributed by atoms with Crippen LogP contribution in [0.15, 0.2) is 24.3 Å². The summed E-state index contributed by atoms with van der Waals surface area (Å²) in [5.74, 6) is 2.81. The minimum absolute atomic E-state index is 0.0851. The molecule has 2 aromatic rings. The highest BCUT2D eigenvalue weighted by molar-refractivity contribution is 7.51. The molecule has 0 aliphatic carbocycles. The van der Waals surface area contributed by atoms with Crippen molar-refractivity contribution in [2.45, 2.75) is 25.7 Å². The first-order valence-corrected chi connectivity index (χ1v) is 12.5. The first-order chi connectivity index (χ1) is 15.6. The molecular weight excluding hydrogens is 467 g/mol. The average molecular weight is 495 g/mol. The van der Waals surface area contributed by atoms with Gasteiger partial charge in [-0.05, 0) is 30.9 Å². The number of nitrogens with zero attached hydrogens (tertiary/aromatic N) is 4. The van der Waals surface area contributed by atoms with Crippen LogP contribution in [-0.2, 0) is 29.2 Å². The Morgan fingerprint density at radius 1 is 1.30 bits per heavy atom. The molecule has 0 fully saturated rings. The van der Waals surface area contributed by atoms with Crippen LogP contribution in [0.4, 0.5) is 5.82 Å². The molecule has 2 rings (SSSR count). The van der Waals surface area contributed by atoms with Crippen molar-refractivity contribution in [2.75, 3.05) is 31.2 Å². The average Bonchev–Trinajstić information content (AvgIpc) is 3.08. The summed E-state index contributed by atoms with van der Waals surface area (Å²) in [6.07, 6.45) is 7.26. The lowest BCUT2D eigenvalue weighted by Gasteiger charge is -2.19. The number of amides is 2. The summed E-state index contributed by atoms with van der Waals surface area (Å²) < 4.78 is 12.7. The lowest BCUT2D eigenvalue weighted by molar-refractivity contribution is -0.107. The summed E-state index contributed by atoms with van der Waals surface area (Å²) >= 11 is 6.25. The van der Waals surface area contributed by atoms with E-state index in [0.29, 0.717) is 36.5 Å². The van der Waals surface area contributed by atoms with E-state index in [9.17, 15) is 14.2 Å².